The average molecular weight is 327 g/mol. The topological polar surface area (TPSA) is 94.3 Å². The number of nitrogens with one attached hydrogen (secondary N) is 1. The highest BCUT2D eigenvalue weighted by molar-refractivity contribution is 7.89. The summed E-state index contributed by atoms with van der Waals surface area (Å²) in [5.41, 5.74) is 6.08. The number of rotatable bonds is 5. The fraction of sp³-hybridized carbons (Fsp3) is 0.308. The Morgan fingerprint density at radius 1 is 1.43 bits per heavy atom. The maximum absolute atomic E-state index is 12.4. The number of sulfonamides is 1. The molecule has 0 spiro atoms. The van der Waals surface area contributed by atoms with Gasteiger partial charge in [-0.15, -0.1) is 11.3 Å². The number of hydrogen-bond donors (Lipinski definition) is 2. The lowest BCUT2D eigenvalue weighted by atomic mass is 10.3. The van der Waals surface area contributed by atoms with Gasteiger partial charge in [0.25, 0.3) is 0 Å². The van der Waals surface area contributed by atoms with Crippen molar-refractivity contribution in [3.8, 4) is 5.75 Å². The second kappa shape index (κ2) is 6.00. The van der Waals surface area contributed by atoms with Gasteiger partial charge in [0.05, 0.1) is 23.7 Å². The molecule has 2 aromatic rings. The minimum absolute atomic E-state index is 0.105. The molecule has 0 fully saturated rings. The molecule has 0 amide bonds. The van der Waals surface area contributed by atoms with Crippen LogP contribution in [0.5, 0.6) is 5.75 Å². The van der Waals surface area contributed by atoms with Gasteiger partial charge in [-0.25, -0.2) is 18.1 Å². The number of benzene rings is 1. The van der Waals surface area contributed by atoms with Crippen molar-refractivity contribution in [1.82, 2.24) is 9.71 Å². The third-order valence-corrected chi connectivity index (χ3v) is 5.49. The number of thiazole rings is 1. The van der Waals surface area contributed by atoms with E-state index in [9.17, 15) is 8.42 Å². The fourth-order valence-corrected chi connectivity index (χ4v) is 3.86. The summed E-state index contributed by atoms with van der Waals surface area (Å²) >= 11 is 1.46. The zero-order valence-corrected chi connectivity index (χ0v) is 13.6. The van der Waals surface area contributed by atoms with E-state index >= 15 is 0 Å². The smallest absolute Gasteiger partial charge is 0.241 e. The fourth-order valence-electron chi connectivity index (χ4n) is 1.78. The number of nitrogens with zero attached hydrogens (tertiary/aromatic N) is 1. The van der Waals surface area contributed by atoms with Gasteiger partial charge in [0.15, 0.2) is 0 Å². The molecule has 21 heavy (non-hydrogen) atoms. The second-order valence-electron chi connectivity index (χ2n) is 4.56. The second-order valence-corrected chi connectivity index (χ2v) is 7.54. The van der Waals surface area contributed by atoms with Crippen molar-refractivity contribution in [3.63, 3.8) is 0 Å². The van der Waals surface area contributed by atoms with Crippen LogP contribution in [-0.4, -0.2) is 20.5 Å². The van der Waals surface area contributed by atoms with Crippen LogP contribution in [0.4, 0.5) is 5.69 Å². The first-order valence-electron chi connectivity index (χ1n) is 6.21. The third kappa shape index (κ3) is 3.52. The lowest BCUT2D eigenvalue weighted by Gasteiger charge is -2.13. The van der Waals surface area contributed by atoms with Crippen LogP contribution in [0.2, 0.25) is 0 Å². The minimum Gasteiger partial charge on any atom is -0.495 e. The maximum Gasteiger partial charge on any atom is 0.241 e. The number of nitrogens with two attached hydrogens (primary N) is 1. The maximum atomic E-state index is 12.4. The molecule has 114 valence electrons. The predicted octanol–water partition coefficient (Wildman–Crippen LogP) is 2.08. The van der Waals surface area contributed by atoms with Crippen molar-refractivity contribution in [2.45, 2.75) is 24.8 Å². The van der Waals surface area contributed by atoms with Crippen LogP contribution >= 0.6 is 11.3 Å². The highest BCUT2D eigenvalue weighted by Crippen LogP contribution is 2.26. The van der Waals surface area contributed by atoms with E-state index in [4.69, 9.17) is 10.5 Å². The van der Waals surface area contributed by atoms with Crippen molar-refractivity contribution < 1.29 is 13.2 Å². The monoisotopic (exact) mass is 327 g/mol. The standard InChI is InChI=1S/C13H17N3O3S2/c1-8-7-15-13(20-8)9(2)16-21(17,18)10-4-5-11(14)12(6-10)19-3/h4-7,9,16H,14H2,1-3H3. The van der Waals surface area contributed by atoms with Crippen molar-refractivity contribution >= 4 is 27.0 Å². The summed E-state index contributed by atoms with van der Waals surface area (Å²) < 4.78 is 32.4. The van der Waals surface area contributed by atoms with Gasteiger partial charge < -0.3 is 10.5 Å². The summed E-state index contributed by atoms with van der Waals surface area (Å²) in [5, 5.41) is 0.721. The molecule has 6 nitrogen and oxygen atoms in total. The zero-order chi connectivity index (χ0) is 15.6. The first-order valence-corrected chi connectivity index (χ1v) is 8.51. The Morgan fingerprint density at radius 3 is 2.71 bits per heavy atom. The molecule has 0 radical (unpaired) electrons. The Bertz CT molecular complexity index is 741. The van der Waals surface area contributed by atoms with E-state index in [0.717, 1.165) is 9.88 Å². The van der Waals surface area contributed by atoms with E-state index in [0.29, 0.717) is 11.4 Å². The summed E-state index contributed by atoms with van der Waals surface area (Å²) in [6, 6.07) is 3.94. The van der Waals surface area contributed by atoms with Crippen LogP contribution in [0.3, 0.4) is 0 Å². The van der Waals surface area contributed by atoms with E-state index in [2.05, 4.69) is 9.71 Å². The quantitative estimate of drug-likeness (QED) is 0.820. The molecule has 0 saturated heterocycles. The van der Waals surface area contributed by atoms with Gasteiger partial charge in [-0.3, -0.25) is 0 Å². The van der Waals surface area contributed by atoms with Crippen LogP contribution in [0.25, 0.3) is 0 Å². The molecular formula is C13H17N3O3S2. The lowest BCUT2D eigenvalue weighted by molar-refractivity contribution is 0.415. The Morgan fingerprint density at radius 2 is 2.14 bits per heavy atom. The molecule has 0 saturated carbocycles. The highest BCUT2D eigenvalue weighted by atomic mass is 32.2. The Balaban J connectivity index is 2.26. The summed E-state index contributed by atoms with van der Waals surface area (Å²) in [7, 11) is -2.23. The normalized spacial score (nSPS) is 13.1. The van der Waals surface area contributed by atoms with E-state index in [1.54, 1.807) is 13.1 Å². The molecule has 1 unspecified atom stereocenters. The number of aryl methyl sites for hydroxylation is 1. The molecule has 1 aromatic heterocycles. The van der Waals surface area contributed by atoms with Crippen LogP contribution in [0, 0.1) is 6.92 Å². The zero-order valence-electron chi connectivity index (χ0n) is 12.0. The first-order chi connectivity index (χ1) is 9.83. The average Bonchev–Trinajstić information content (AvgIpc) is 2.85. The molecule has 1 heterocycles. The lowest BCUT2D eigenvalue weighted by Crippen LogP contribution is -2.26. The number of aromatic nitrogens is 1. The molecule has 8 heteroatoms. The van der Waals surface area contributed by atoms with Gasteiger partial charge in [-0.05, 0) is 26.0 Å². The van der Waals surface area contributed by atoms with Gasteiger partial charge in [-0.2, -0.15) is 0 Å². The number of anilines is 1. The van der Waals surface area contributed by atoms with E-state index < -0.39 is 16.1 Å². The largest absolute Gasteiger partial charge is 0.495 e. The third-order valence-electron chi connectivity index (χ3n) is 2.86. The summed E-state index contributed by atoms with van der Waals surface area (Å²) in [6.07, 6.45) is 1.72. The highest BCUT2D eigenvalue weighted by Gasteiger charge is 2.21. The number of ether oxygens (including phenoxy) is 1. The number of nitrogen functional groups attached to an aromatic ring is 1. The van der Waals surface area contributed by atoms with E-state index in [1.807, 2.05) is 6.92 Å². The first kappa shape index (κ1) is 15.7. The minimum atomic E-state index is -3.67. The summed E-state index contributed by atoms with van der Waals surface area (Å²) in [5.74, 6) is 0.329. The molecule has 1 atom stereocenters. The van der Waals surface area contributed by atoms with Crippen LogP contribution in [-0.2, 0) is 10.0 Å². The molecule has 0 aliphatic carbocycles. The molecular weight excluding hydrogens is 310 g/mol. The van der Waals surface area contributed by atoms with Crippen molar-refractivity contribution in [2.75, 3.05) is 12.8 Å². The van der Waals surface area contributed by atoms with Crippen molar-refractivity contribution in [3.05, 3.63) is 34.3 Å². The molecule has 0 bridgehead atoms. The SMILES string of the molecule is COc1cc(S(=O)(=O)NC(C)c2ncc(C)s2)ccc1N. The molecule has 0 aliphatic rings. The van der Waals surface area contributed by atoms with Crippen molar-refractivity contribution in [1.29, 1.82) is 0 Å². The van der Waals surface area contributed by atoms with Crippen LogP contribution in [0.1, 0.15) is 22.9 Å². The number of hydrogen-bond acceptors (Lipinski definition) is 6. The van der Waals surface area contributed by atoms with E-state index in [-0.39, 0.29) is 4.90 Å². The van der Waals surface area contributed by atoms with Gasteiger partial charge in [0.1, 0.15) is 10.8 Å². The Kier molecular flexibility index (Phi) is 4.50. The summed E-state index contributed by atoms with van der Waals surface area (Å²) in [6.45, 7) is 3.68. The van der Waals surface area contributed by atoms with Gasteiger partial charge in [0, 0.05) is 17.1 Å². The Hall–Kier alpha value is -1.64. The van der Waals surface area contributed by atoms with Gasteiger partial charge in [-0.1, -0.05) is 0 Å². The Labute approximate surface area is 128 Å². The van der Waals surface area contributed by atoms with E-state index in [1.165, 1.54) is 36.6 Å². The number of methoxy groups -OCH3 is 1. The summed E-state index contributed by atoms with van der Waals surface area (Å²) in [4.78, 5) is 5.33. The molecule has 2 rings (SSSR count). The molecule has 1 aromatic carbocycles. The van der Waals surface area contributed by atoms with Crippen LogP contribution < -0.4 is 15.2 Å². The molecule has 0 aliphatic heterocycles. The molecule has 3 N–H and O–H groups in total. The van der Waals surface area contributed by atoms with Gasteiger partial charge in [0.2, 0.25) is 10.0 Å². The predicted molar refractivity (Wildman–Crippen MR) is 83.0 cm³/mol. The van der Waals surface area contributed by atoms with Crippen molar-refractivity contribution in [2.24, 2.45) is 0 Å². The van der Waals surface area contributed by atoms with Gasteiger partial charge >= 0.3 is 0 Å². The van der Waals surface area contributed by atoms with Crippen LogP contribution in [0.15, 0.2) is 29.3 Å².